The van der Waals surface area contributed by atoms with Gasteiger partial charge in [0.05, 0.1) is 39.6 Å². The largest absolute Gasteiger partial charge is 0.394 e. The number of hydrogen-bond donors (Lipinski definition) is 2. The van der Waals surface area contributed by atoms with Gasteiger partial charge in [0.15, 0.2) is 0 Å². The van der Waals surface area contributed by atoms with Crippen molar-refractivity contribution in [3.8, 4) is 0 Å². The lowest BCUT2D eigenvalue weighted by atomic mass is 10.7. The Kier molecular flexibility index (Phi) is 23.6. The number of aliphatic hydroxyl groups is 2. The molecule has 0 saturated carbocycles. The molecule has 0 aromatic carbocycles. The number of hydrogen-bond acceptors (Lipinski definition) is 7. The Morgan fingerprint density at radius 3 is 1.29 bits per heavy atom. The molecule has 0 fully saturated rings. The first kappa shape index (κ1) is 19.1. The van der Waals surface area contributed by atoms with Crippen molar-refractivity contribution in [1.82, 2.24) is 0 Å². The van der Waals surface area contributed by atoms with Crippen molar-refractivity contribution in [1.29, 1.82) is 0 Å². The van der Waals surface area contributed by atoms with Crippen molar-refractivity contribution < 1.29 is 34.2 Å². The highest BCUT2D eigenvalue weighted by Gasteiger charge is 1.91. The predicted molar refractivity (Wildman–Crippen MR) is 60.6 cm³/mol. The molecule has 0 rings (SSSR count). The Morgan fingerprint density at radius 1 is 0.647 bits per heavy atom. The molecule has 0 aromatic rings. The summed E-state index contributed by atoms with van der Waals surface area (Å²) in [6.07, 6.45) is 0. The predicted octanol–water partition coefficient (Wildman–Crippen LogP) is -0.785. The molecule has 2 N–H and O–H groups in total. The van der Waals surface area contributed by atoms with E-state index in [0.717, 1.165) is 0 Å². The number of aliphatic hydroxyl groups excluding tert-OH is 2. The first-order valence-electron chi connectivity index (χ1n) is 5.35. The fourth-order valence-electron chi connectivity index (χ4n) is 0.637. The fourth-order valence-corrected chi connectivity index (χ4v) is 0.637. The zero-order chi connectivity index (χ0) is 13.2. The average molecular weight is 256 g/mol. The minimum atomic E-state index is 0.00978. The molecule has 0 atom stereocenters. The SMILES string of the molecule is COC.OCCOCCOOCCOCCO. The van der Waals surface area contributed by atoms with E-state index in [2.05, 4.69) is 4.74 Å². The highest BCUT2D eigenvalue weighted by atomic mass is 17.2. The summed E-state index contributed by atoms with van der Waals surface area (Å²) in [5.41, 5.74) is 0. The maximum Gasteiger partial charge on any atom is 0.106 e. The van der Waals surface area contributed by atoms with Gasteiger partial charge in [-0.3, -0.25) is 0 Å². The van der Waals surface area contributed by atoms with E-state index in [1.807, 2.05) is 0 Å². The molecule has 0 heterocycles. The summed E-state index contributed by atoms with van der Waals surface area (Å²) in [4.78, 5) is 9.42. The second kappa shape index (κ2) is 21.1. The Labute approximate surface area is 102 Å². The van der Waals surface area contributed by atoms with Gasteiger partial charge in [-0.2, -0.15) is 0 Å². The summed E-state index contributed by atoms with van der Waals surface area (Å²) in [7, 11) is 3.25. The Balaban J connectivity index is 0. The van der Waals surface area contributed by atoms with Gasteiger partial charge in [0.2, 0.25) is 0 Å². The monoisotopic (exact) mass is 256 g/mol. The standard InChI is InChI=1S/C8H18O6.C2H6O/c9-1-3-11-5-7-13-14-8-6-12-4-2-10;1-3-2/h9-10H,1-8H2;1-2H3. The Bertz CT molecular complexity index is 101. The van der Waals surface area contributed by atoms with Gasteiger partial charge in [-0.1, -0.05) is 0 Å². The molecule has 0 spiro atoms. The summed E-state index contributed by atoms with van der Waals surface area (Å²) in [6.45, 7) is 2.05. The van der Waals surface area contributed by atoms with Crippen molar-refractivity contribution in [3.63, 3.8) is 0 Å². The van der Waals surface area contributed by atoms with E-state index in [4.69, 9.17) is 29.5 Å². The zero-order valence-corrected chi connectivity index (χ0v) is 10.6. The first-order valence-corrected chi connectivity index (χ1v) is 5.35. The molecular weight excluding hydrogens is 232 g/mol. The maximum atomic E-state index is 8.36. The van der Waals surface area contributed by atoms with E-state index in [-0.39, 0.29) is 13.2 Å². The average Bonchev–Trinajstić information content (AvgIpc) is 2.33. The van der Waals surface area contributed by atoms with Crippen LogP contribution in [0.2, 0.25) is 0 Å². The van der Waals surface area contributed by atoms with Crippen LogP contribution in [-0.2, 0) is 24.0 Å². The summed E-state index contributed by atoms with van der Waals surface area (Å²) in [5, 5.41) is 16.7. The molecule has 0 aliphatic carbocycles. The van der Waals surface area contributed by atoms with Gasteiger partial charge >= 0.3 is 0 Å². The lowest BCUT2D eigenvalue weighted by Crippen LogP contribution is -2.11. The van der Waals surface area contributed by atoms with Crippen LogP contribution in [0.3, 0.4) is 0 Å². The summed E-state index contributed by atoms with van der Waals surface area (Å²) < 4.78 is 14.1. The third-order valence-corrected chi connectivity index (χ3v) is 1.18. The minimum absolute atomic E-state index is 0.00978. The second-order valence-electron chi connectivity index (χ2n) is 2.72. The lowest BCUT2D eigenvalue weighted by Gasteiger charge is -2.04. The Hall–Kier alpha value is -0.280. The molecule has 106 valence electrons. The van der Waals surface area contributed by atoms with Crippen LogP contribution in [0.4, 0.5) is 0 Å². The van der Waals surface area contributed by atoms with Crippen LogP contribution in [-0.4, -0.2) is 77.3 Å². The molecule has 0 aliphatic rings. The molecular formula is C10H24O7. The minimum Gasteiger partial charge on any atom is -0.394 e. The van der Waals surface area contributed by atoms with Crippen LogP contribution in [0.5, 0.6) is 0 Å². The summed E-state index contributed by atoms with van der Waals surface area (Å²) in [6, 6.07) is 0. The molecule has 0 aromatic heterocycles. The van der Waals surface area contributed by atoms with Gasteiger partial charge in [0.25, 0.3) is 0 Å². The molecule has 0 bridgehead atoms. The van der Waals surface area contributed by atoms with Gasteiger partial charge in [-0.25, -0.2) is 9.78 Å². The summed E-state index contributed by atoms with van der Waals surface area (Å²) in [5.74, 6) is 0. The van der Waals surface area contributed by atoms with Crippen molar-refractivity contribution in [2.24, 2.45) is 0 Å². The maximum absolute atomic E-state index is 8.36. The zero-order valence-electron chi connectivity index (χ0n) is 10.6. The highest BCUT2D eigenvalue weighted by molar-refractivity contribution is 4.28. The van der Waals surface area contributed by atoms with E-state index in [9.17, 15) is 0 Å². The van der Waals surface area contributed by atoms with Crippen molar-refractivity contribution in [2.45, 2.75) is 0 Å². The van der Waals surface area contributed by atoms with Gasteiger partial charge in [0, 0.05) is 14.2 Å². The van der Waals surface area contributed by atoms with Crippen LogP contribution < -0.4 is 0 Å². The van der Waals surface area contributed by atoms with Crippen LogP contribution in [0, 0.1) is 0 Å². The van der Waals surface area contributed by atoms with Crippen LogP contribution in [0.25, 0.3) is 0 Å². The van der Waals surface area contributed by atoms with E-state index in [1.54, 1.807) is 14.2 Å². The Morgan fingerprint density at radius 2 is 1.00 bits per heavy atom. The molecule has 0 unspecified atom stereocenters. The van der Waals surface area contributed by atoms with Crippen molar-refractivity contribution in [3.05, 3.63) is 0 Å². The van der Waals surface area contributed by atoms with E-state index in [1.165, 1.54) is 0 Å². The molecule has 17 heavy (non-hydrogen) atoms. The lowest BCUT2D eigenvalue weighted by molar-refractivity contribution is -0.303. The van der Waals surface area contributed by atoms with Gasteiger partial charge < -0.3 is 24.4 Å². The van der Waals surface area contributed by atoms with E-state index >= 15 is 0 Å². The molecule has 7 heteroatoms. The fraction of sp³-hybridized carbons (Fsp3) is 1.00. The quantitative estimate of drug-likeness (QED) is 0.285. The van der Waals surface area contributed by atoms with E-state index in [0.29, 0.717) is 39.6 Å². The highest BCUT2D eigenvalue weighted by Crippen LogP contribution is 1.82. The van der Waals surface area contributed by atoms with Crippen molar-refractivity contribution in [2.75, 3.05) is 67.1 Å². The summed E-state index contributed by atoms with van der Waals surface area (Å²) >= 11 is 0. The number of ether oxygens (including phenoxy) is 3. The number of methoxy groups -OCH3 is 1. The molecule has 0 amide bonds. The third-order valence-electron chi connectivity index (χ3n) is 1.18. The molecule has 0 aliphatic heterocycles. The topological polar surface area (TPSA) is 86.6 Å². The third kappa shape index (κ3) is 25.7. The smallest absolute Gasteiger partial charge is 0.106 e. The molecule has 0 saturated heterocycles. The van der Waals surface area contributed by atoms with Crippen LogP contribution >= 0.6 is 0 Å². The first-order chi connectivity index (χ1) is 8.33. The van der Waals surface area contributed by atoms with Crippen molar-refractivity contribution >= 4 is 0 Å². The number of rotatable bonds is 11. The van der Waals surface area contributed by atoms with Crippen LogP contribution in [0.15, 0.2) is 0 Å². The van der Waals surface area contributed by atoms with Gasteiger partial charge in [-0.15, -0.1) is 0 Å². The molecule has 7 nitrogen and oxygen atoms in total. The van der Waals surface area contributed by atoms with Crippen LogP contribution in [0.1, 0.15) is 0 Å². The van der Waals surface area contributed by atoms with E-state index < -0.39 is 0 Å². The molecule has 0 radical (unpaired) electrons. The normalized spacial score (nSPS) is 9.88. The second-order valence-corrected chi connectivity index (χ2v) is 2.72. The van der Waals surface area contributed by atoms with Gasteiger partial charge in [0.1, 0.15) is 13.2 Å². The van der Waals surface area contributed by atoms with Gasteiger partial charge in [-0.05, 0) is 0 Å².